The van der Waals surface area contributed by atoms with Gasteiger partial charge in [-0.2, -0.15) is 0 Å². The fourth-order valence-electron chi connectivity index (χ4n) is 5.61. The van der Waals surface area contributed by atoms with E-state index in [-0.39, 0.29) is 0 Å². The summed E-state index contributed by atoms with van der Waals surface area (Å²) in [6, 6.07) is 50.2. The van der Waals surface area contributed by atoms with Crippen LogP contribution in [-0.2, 0) is 0 Å². The highest BCUT2D eigenvalue weighted by Gasteiger charge is 2.15. The Bertz CT molecular complexity index is 2140. The average molecular weight is 525 g/mol. The first-order valence-electron chi connectivity index (χ1n) is 13.7. The molecule has 5 aromatic carbocycles. The Morgan fingerprint density at radius 3 is 1.90 bits per heavy atom. The molecule has 0 aliphatic heterocycles. The van der Waals surface area contributed by atoms with Crippen molar-refractivity contribution in [2.45, 2.75) is 0 Å². The molecule has 0 radical (unpaired) electrons. The second-order valence-electron chi connectivity index (χ2n) is 10.2. The lowest BCUT2D eigenvalue weighted by Gasteiger charge is -2.13. The highest BCUT2D eigenvalue weighted by molar-refractivity contribution is 6.01. The van der Waals surface area contributed by atoms with Gasteiger partial charge in [0.2, 0.25) is 0 Å². The Labute approximate surface area is 237 Å². The molecule has 4 heteroatoms. The smallest absolute Gasteiger partial charge is 0.160 e. The molecule has 4 nitrogen and oxygen atoms in total. The second-order valence-corrected chi connectivity index (χ2v) is 10.2. The van der Waals surface area contributed by atoms with E-state index in [1.165, 1.54) is 0 Å². The first-order chi connectivity index (χ1) is 20.3. The molecule has 0 amide bonds. The minimum Gasteiger partial charge on any atom is -0.292 e. The number of aromatic nitrogens is 4. The predicted molar refractivity (Wildman–Crippen MR) is 168 cm³/mol. The van der Waals surface area contributed by atoms with Crippen molar-refractivity contribution in [3.8, 4) is 45.2 Å². The lowest BCUT2D eigenvalue weighted by molar-refractivity contribution is 1.18. The zero-order valence-electron chi connectivity index (χ0n) is 22.1. The van der Waals surface area contributed by atoms with Crippen LogP contribution in [0.1, 0.15) is 0 Å². The number of hydrogen-bond acceptors (Lipinski definition) is 3. The molecule has 0 saturated heterocycles. The first-order valence-corrected chi connectivity index (χ1v) is 13.7. The van der Waals surface area contributed by atoms with Crippen molar-refractivity contribution in [1.82, 2.24) is 19.4 Å². The lowest BCUT2D eigenvalue weighted by Crippen LogP contribution is -1.97. The Kier molecular flexibility index (Phi) is 5.42. The summed E-state index contributed by atoms with van der Waals surface area (Å²) in [5.41, 5.74) is 10.1. The molecule has 0 aliphatic rings. The van der Waals surface area contributed by atoms with E-state index in [4.69, 9.17) is 15.0 Å². The van der Waals surface area contributed by atoms with Crippen molar-refractivity contribution in [2.75, 3.05) is 0 Å². The monoisotopic (exact) mass is 524 g/mol. The molecule has 41 heavy (non-hydrogen) atoms. The molecule has 0 spiro atoms. The number of nitrogens with zero attached hydrogens (tertiary/aromatic N) is 4. The third-order valence-electron chi connectivity index (χ3n) is 7.58. The van der Waals surface area contributed by atoms with Crippen LogP contribution >= 0.6 is 0 Å². The summed E-state index contributed by atoms with van der Waals surface area (Å²) in [5.74, 6) is 0.709. The van der Waals surface area contributed by atoms with Gasteiger partial charge < -0.3 is 0 Å². The molecule has 3 aromatic heterocycles. The Morgan fingerprint density at radius 2 is 1.07 bits per heavy atom. The molecular weight excluding hydrogens is 500 g/mol. The van der Waals surface area contributed by atoms with Crippen LogP contribution in [0.25, 0.3) is 72.6 Å². The molecule has 8 rings (SSSR count). The fourth-order valence-corrected chi connectivity index (χ4v) is 5.61. The molecule has 3 heterocycles. The Hall–Kier alpha value is -5.61. The van der Waals surface area contributed by atoms with Crippen molar-refractivity contribution >= 4 is 27.5 Å². The van der Waals surface area contributed by atoms with Gasteiger partial charge in [-0.3, -0.25) is 4.40 Å². The molecule has 192 valence electrons. The summed E-state index contributed by atoms with van der Waals surface area (Å²) >= 11 is 0. The maximum Gasteiger partial charge on any atom is 0.160 e. The summed E-state index contributed by atoms with van der Waals surface area (Å²) < 4.78 is 2.28. The number of rotatable bonds is 4. The normalized spacial score (nSPS) is 11.4. The standard InChI is InChI=1S/C37H24N4/c1-3-12-25(13-4-1)32-24-33(39-36(38-32)26-14-5-2-6-15-26)28-17-11-18-29(22-28)35-23-27-16-7-8-19-30(27)37-40-31-20-9-10-21-34(31)41(35)37/h1-24H. The van der Waals surface area contributed by atoms with Gasteiger partial charge in [0.25, 0.3) is 0 Å². The van der Waals surface area contributed by atoms with Gasteiger partial charge in [-0.15, -0.1) is 0 Å². The zero-order chi connectivity index (χ0) is 27.2. The third-order valence-corrected chi connectivity index (χ3v) is 7.58. The van der Waals surface area contributed by atoms with Crippen LogP contribution in [0.2, 0.25) is 0 Å². The molecule has 0 aliphatic carbocycles. The van der Waals surface area contributed by atoms with Gasteiger partial charge in [0.05, 0.1) is 28.1 Å². The number of benzene rings is 5. The van der Waals surface area contributed by atoms with Crippen molar-refractivity contribution in [3.05, 3.63) is 146 Å². The maximum atomic E-state index is 5.06. The second kappa shape index (κ2) is 9.54. The van der Waals surface area contributed by atoms with Crippen LogP contribution in [-0.4, -0.2) is 19.4 Å². The molecule has 8 aromatic rings. The minimum atomic E-state index is 0.709. The number of pyridine rings is 1. The van der Waals surface area contributed by atoms with Gasteiger partial charge >= 0.3 is 0 Å². The lowest BCUT2D eigenvalue weighted by atomic mass is 10.0. The highest BCUT2D eigenvalue weighted by Crippen LogP contribution is 2.34. The highest BCUT2D eigenvalue weighted by atomic mass is 15.0. The molecule has 0 unspecified atom stereocenters. The summed E-state index contributed by atoms with van der Waals surface area (Å²) in [5, 5.41) is 2.30. The number of fused-ring (bicyclic) bond motifs is 5. The van der Waals surface area contributed by atoms with Crippen molar-refractivity contribution in [2.24, 2.45) is 0 Å². The van der Waals surface area contributed by atoms with E-state index >= 15 is 0 Å². The van der Waals surface area contributed by atoms with Gasteiger partial charge in [-0.05, 0) is 41.3 Å². The summed E-state index contributed by atoms with van der Waals surface area (Å²) in [7, 11) is 0. The van der Waals surface area contributed by atoms with Crippen molar-refractivity contribution in [1.29, 1.82) is 0 Å². The van der Waals surface area contributed by atoms with Gasteiger partial charge in [0.15, 0.2) is 5.82 Å². The number of hydrogen-bond donors (Lipinski definition) is 0. The van der Waals surface area contributed by atoms with Gasteiger partial charge in [-0.25, -0.2) is 15.0 Å². The Balaban J connectivity index is 1.36. The van der Waals surface area contributed by atoms with Gasteiger partial charge in [0.1, 0.15) is 5.65 Å². The van der Waals surface area contributed by atoms with Crippen LogP contribution < -0.4 is 0 Å². The van der Waals surface area contributed by atoms with E-state index < -0.39 is 0 Å². The maximum absolute atomic E-state index is 5.06. The van der Waals surface area contributed by atoms with Crippen LogP contribution in [0.3, 0.4) is 0 Å². The summed E-state index contributed by atoms with van der Waals surface area (Å²) in [6.45, 7) is 0. The summed E-state index contributed by atoms with van der Waals surface area (Å²) in [6.07, 6.45) is 0. The summed E-state index contributed by atoms with van der Waals surface area (Å²) in [4.78, 5) is 15.1. The van der Waals surface area contributed by atoms with Gasteiger partial charge in [0, 0.05) is 22.1 Å². The van der Waals surface area contributed by atoms with Crippen LogP contribution in [0, 0.1) is 0 Å². The predicted octanol–water partition coefficient (Wildman–Crippen LogP) is 9.10. The molecule has 0 atom stereocenters. The Morgan fingerprint density at radius 1 is 0.439 bits per heavy atom. The first kappa shape index (κ1) is 23.3. The van der Waals surface area contributed by atoms with Crippen LogP contribution in [0.5, 0.6) is 0 Å². The topological polar surface area (TPSA) is 43.1 Å². The zero-order valence-corrected chi connectivity index (χ0v) is 22.1. The quantitative estimate of drug-likeness (QED) is 0.231. The van der Waals surface area contributed by atoms with Crippen LogP contribution in [0.15, 0.2) is 146 Å². The average Bonchev–Trinajstić information content (AvgIpc) is 3.45. The SMILES string of the molecule is c1ccc(-c2cc(-c3cccc(-c4cc5ccccc5c5nc6ccccc6n45)c3)nc(-c3ccccc3)n2)cc1. The van der Waals surface area contributed by atoms with Crippen LogP contribution in [0.4, 0.5) is 0 Å². The van der Waals surface area contributed by atoms with E-state index in [0.717, 1.165) is 66.8 Å². The fraction of sp³-hybridized carbons (Fsp3) is 0. The van der Waals surface area contributed by atoms with Crippen molar-refractivity contribution < 1.29 is 0 Å². The van der Waals surface area contributed by atoms with E-state index in [9.17, 15) is 0 Å². The molecule has 0 bridgehead atoms. The van der Waals surface area contributed by atoms with E-state index in [1.54, 1.807) is 0 Å². The largest absolute Gasteiger partial charge is 0.292 e. The van der Waals surface area contributed by atoms with Crippen molar-refractivity contribution in [3.63, 3.8) is 0 Å². The third kappa shape index (κ3) is 4.05. The number of para-hydroxylation sites is 2. The molecule has 0 saturated carbocycles. The number of imidazole rings is 1. The molecule has 0 N–H and O–H groups in total. The van der Waals surface area contributed by atoms with E-state index in [2.05, 4.69) is 108 Å². The van der Waals surface area contributed by atoms with E-state index in [0.29, 0.717) is 5.82 Å². The van der Waals surface area contributed by atoms with E-state index in [1.807, 2.05) is 42.5 Å². The molecule has 0 fully saturated rings. The van der Waals surface area contributed by atoms with Gasteiger partial charge in [-0.1, -0.05) is 115 Å². The minimum absolute atomic E-state index is 0.709. The molecular formula is C37H24N4.